The summed E-state index contributed by atoms with van der Waals surface area (Å²) < 4.78 is 5.25. The molecule has 0 aromatic carbocycles. The maximum absolute atomic E-state index is 10.4. The van der Waals surface area contributed by atoms with Gasteiger partial charge in [0, 0.05) is 12.7 Å². The molecule has 122 valence electrons. The van der Waals surface area contributed by atoms with Crippen LogP contribution in [-0.4, -0.2) is 34.4 Å². The van der Waals surface area contributed by atoms with E-state index in [0.29, 0.717) is 18.3 Å². The zero-order valence-corrected chi connectivity index (χ0v) is 15.0. The lowest BCUT2D eigenvalue weighted by atomic mass is 10.0. The topological polar surface area (TPSA) is 98.5 Å². The smallest absolute Gasteiger partial charge is 0.191 e. The molecule has 0 spiro atoms. The molecule has 0 radical (unpaired) electrons. The molecule has 7 nitrogen and oxygen atoms in total. The van der Waals surface area contributed by atoms with E-state index in [0.717, 1.165) is 12.2 Å². The average molecular weight is 419 g/mol. The van der Waals surface area contributed by atoms with Crippen LogP contribution in [0.25, 0.3) is 0 Å². The van der Waals surface area contributed by atoms with Crippen LogP contribution in [0.2, 0.25) is 0 Å². The third-order valence-corrected chi connectivity index (χ3v) is 2.96. The minimum Gasteiger partial charge on any atom is -0.466 e. The van der Waals surface area contributed by atoms with Crippen LogP contribution in [0.5, 0.6) is 0 Å². The van der Waals surface area contributed by atoms with Gasteiger partial charge in [0.15, 0.2) is 5.96 Å². The van der Waals surface area contributed by atoms with Crippen LogP contribution in [0.1, 0.15) is 25.3 Å². The Hall–Kier alpha value is -1.55. The van der Waals surface area contributed by atoms with Gasteiger partial charge >= 0.3 is 0 Å². The van der Waals surface area contributed by atoms with Crippen molar-refractivity contribution in [3.05, 3.63) is 42.1 Å². The van der Waals surface area contributed by atoms with Gasteiger partial charge in [-0.3, -0.25) is 5.10 Å². The second-order valence-electron chi connectivity index (χ2n) is 4.88. The number of hydrogen-bond acceptors (Lipinski definition) is 4. The van der Waals surface area contributed by atoms with Crippen molar-refractivity contribution < 1.29 is 9.52 Å². The van der Waals surface area contributed by atoms with Gasteiger partial charge in [-0.25, -0.2) is 4.99 Å². The highest BCUT2D eigenvalue weighted by Crippen LogP contribution is 2.19. The van der Waals surface area contributed by atoms with E-state index in [4.69, 9.17) is 4.42 Å². The molecule has 0 saturated carbocycles. The Morgan fingerprint density at radius 3 is 2.86 bits per heavy atom. The van der Waals surface area contributed by atoms with Gasteiger partial charge in [0.1, 0.15) is 11.4 Å². The van der Waals surface area contributed by atoms with Gasteiger partial charge in [-0.2, -0.15) is 5.10 Å². The number of aliphatic imine (C=N–C) groups is 1. The molecule has 0 saturated heterocycles. The van der Waals surface area contributed by atoms with E-state index in [2.05, 4.69) is 25.8 Å². The standard InChI is InChI=1S/C14H21N5O2.HI/c1-3-15-13(16-9-11-6-7-18-19-11)17-10-14(2,20)12-5-4-8-21-12;/h4-8,20H,3,9-10H2,1-2H3,(H,18,19)(H2,15,16,17);1H. The Bertz CT molecular complexity index is 552. The predicted octanol–water partition coefficient (Wildman–Crippen LogP) is 1.58. The normalized spacial score (nSPS) is 14.0. The Balaban J connectivity index is 0.00000242. The molecule has 0 aliphatic rings. The second kappa shape index (κ2) is 8.79. The predicted molar refractivity (Wildman–Crippen MR) is 95.1 cm³/mol. The zero-order valence-electron chi connectivity index (χ0n) is 12.7. The number of aromatic nitrogens is 2. The van der Waals surface area contributed by atoms with E-state index in [1.54, 1.807) is 31.5 Å². The molecule has 4 N–H and O–H groups in total. The van der Waals surface area contributed by atoms with Gasteiger partial charge in [0.05, 0.1) is 25.0 Å². The molecule has 2 rings (SSSR count). The van der Waals surface area contributed by atoms with Gasteiger partial charge in [-0.15, -0.1) is 24.0 Å². The lowest BCUT2D eigenvalue weighted by Gasteiger charge is -2.22. The molecule has 2 aromatic heterocycles. The number of H-pyrrole nitrogens is 1. The lowest BCUT2D eigenvalue weighted by molar-refractivity contribution is 0.0386. The van der Waals surface area contributed by atoms with Gasteiger partial charge in [0.25, 0.3) is 0 Å². The van der Waals surface area contributed by atoms with Crippen LogP contribution >= 0.6 is 24.0 Å². The largest absolute Gasteiger partial charge is 0.466 e. The molecule has 0 bridgehead atoms. The SMILES string of the molecule is CCNC(=NCc1ccn[nH]1)NCC(C)(O)c1ccco1.I. The molecule has 22 heavy (non-hydrogen) atoms. The fourth-order valence-electron chi connectivity index (χ4n) is 1.81. The van der Waals surface area contributed by atoms with Crippen LogP contribution in [0.15, 0.2) is 40.1 Å². The minimum atomic E-state index is -1.10. The fourth-order valence-corrected chi connectivity index (χ4v) is 1.81. The molecule has 1 atom stereocenters. The first-order valence-electron chi connectivity index (χ1n) is 6.88. The Labute approximate surface area is 146 Å². The third-order valence-electron chi connectivity index (χ3n) is 2.96. The summed E-state index contributed by atoms with van der Waals surface area (Å²) in [4.78, 5) is 4.42. The number of aromatic amines is 1. The first-order valence-corrected chi connectivity index (χ1v) is 6.88. The first kappa shape index (κ1) is 18.5. The number of nitrogens with zero attached hydrogens (tertiary/aromatic N) is 2. The van der Waals surface area contributed by atoms with Crippen LogP contribution in [0.3, 0.4) is 0 Å². The molecule has 0 aliphatic heterocycles. The molecular formula is C14H22IN5O2. The number of guanidine groups is 1. The molecule has 0 aliphatic carbocycles. The summed E-state index contributed by atoms with van der Waals surface area (Å²) in [6.07, 6.45) is 3.23. The van der Waals surface area contributed by atoms with Crippen molar-refractivity contribution in [1.29, 1.82) is 0 Å². The van der Waals surface area contributed by atoms with Crippen LogP contribution in [0, 0.1) is 0 Å². The Morgan fingerprint density at radius 2 is 2.27 bits per heavy atom. The summed E-state index contributed by atoms with van der Waals surface area (Å²) >= 11 is 0. The minimum absolute atomic E-state index is 0. The van der Waals surface area contributed by atoms with E-state index in [1.807, 2.05) is 13.0 Å². The molecule has 2 aromatic rings. The van der Waals surface area contributed by atoms with Crippen molar-refractivity contribution in [1.82, 2.24) is 20.8 Å². The molecule has 2 heterocycles. The van der Waals surface area contributed by atoms with Crippen LogP contribution in [-0.2, 0) is 12.1 Å². The number of aliphatic hydroxyl groups is 1. The number of nitrogens with one attached hydrogen (secondary N) is 3. The van der Waals surface area contributed by atoms with Gasteiger partial charge < -0.3 is 20.2 Å². The van der Waals surface area contributed by atoms with Crippen molar-refractivity contribution in [3.8, 4) is 0 Å². The Morgan fingerprint density at radius 1 is 1.45 bits per heavy atom. The number of hydrogen-bond donors (Lipinski definition) is 4. The van der Waals surface area contributed by atoms with Crippen LogP contribution < -0.4 is 10.6 Å². The fraction of sp³-hybridized carbons (Fsp3) is 0.429. The van der Waals surface area contributed by atoms with Crippen molar-refractivity contribution in [2.45, 2.75) is 26.0 Å². The van der Waals surface area contributed by atoms with Crippen molar-refractivity contribution in [2.24, 2.45) is 4.99 Å². The summed E-state index contributed by atoms with van der Waals surface area (Å²) in [6.45, 7) is 5.18. The molecule has 0 fully saturated rings. The molecule has 1 unspecified atom stereocenters. The quantitative estimate of drug-likeness (QED) is 0.324. The summed E-state index contributed by atoms with van der Waals surface area (Å²) in [5, 5.41) is 23.4. The van der Waals surface area contributed by atoms with Crippen molar-refractivity contribution >= 4 is 29.9 Å². The van der Waals surface area contributed by atoms with Crippen molar-refractivity contribution in [2.75, 3.05) is 13.1 Å². The Kier molecular flexibility index (Phi) is 7.39. The summed E-state index contributed by atoms with van der Waals surface area (Å²) in [5.74, 6) is 1.14. The molecular weight excluding hydrogens is 397 g/mol. The number of halogens is 1. The average Bonchev–Trinajstić information content (AvgIpc) is 3.14. The maximum Gasteiger partial charge on any atom is 0.191 e. The highest BCUT2D eigenvalue weighted by Gasteiger charge is 2.26. The summed E-state index contributed by atoms with van der Waals surface area (Å²) in [6, 6.07) is 5.36. The monoisotopic (exact) mass is 419 g/mol. The maximum atomic E-state index is 10.4. The molecule has 8 heteroatoms. The van der Waals surface area contributed by atoms with E-state index < -0.39 is 5.60 Å². The van der Waals surface area contributed by atoms with Gasteiger partial charge in [0.2, 0.25) is 0 Å². The third kappa shape index (κ3) is 5.34. The van der Waals surface area contributed by atoms with Crippen molar-refractivity contribution in [3.63, 3.8) is 0 Å². The highest BCUT2D eigenvalue weighted by atomic mass is 127. The lowest BCUT2D eigenvalue weighted by Crippen LogP contribution is -2.44. The number of furan rings is 1. The summed E-state index contributed by atoms with van der Waals surface area (Å²) in [5.41, 5.74) is -0.182. The van der Waals surface area contributed by atoms with E-state index in [9.17, 15) is 5.11 Å². The van der Waals surface area contributed by atoms with Crippen LogP contribution in [0.4, 0.5) is 0 Å². The van der Waals surface area contributed by atoms with Gasteiger partial charge in [-0.05, 0) is 32.0 Å². The summed E-state index contributed by atoms with van der Waals surface area (Å²) in [7, 11) is 0. The first-order chi connectivity index (χ1) is 10.1. The zero-order chi connectivity index (χ0) is 15.1. The molecule has 0 amide bonds. The second-order valence-corrected chi connectivity index (χ2v) is 4.88. The van der Waals surface area contributed by atoms with E-state index >= 15 is 0 Å². The van der Waals surface area contributed by atoms with E-state index in [1.165, 1.54) is 0 Å². The van der Waals surface area contributed by atoms with E-state index in [-0.39, 0.29) is 30.5 Å². The highest BCUT2D eigenvalue weighted by molar-refractivity contribution is 14.0. The van der Waals surface area contributed by atoms with Gasteiger partial charge in [-0.1, -0.05) is 0 Å². The number of rotatable bonds is 6.